The van der Waals surface area contributed by atoms with Crippen LogP contribution in [0.25, 0.3) is 0 Å². The van der Waals surface area contributed by atoms with E-state index in [1.807, 2.05) is 20.8 Å². The van der Waals surface area contributed by atoms with Crippen LogP contribution in [-0.4, -0.2) is 34.8 Å². The molecule has 20 heavy (non-hydrogen) atoms. The molecule has 0 unspecified atom stereocenters. The standard InChI is InChI=1S/C13H18N2O5/c1-4-20-13(2,3)8-14-10-7-9(12(16)17)5-6-11(10)15(18)19/h5-7,14H,4,8H2,1-3H3,(H,16,17). The van der Waals surface area contributed by atoms with Crippen LogP contribution >= 0.6 is 0 Å². The van der Waals surface area contributed by atoms with Gasteiger partial charge in [0.1, 0.15) is 5.69 Å². The lowest BCUT2D eigenvalue weighted by atomic mass is 10.1. The number of hydrogen-bond donors (Lipinski definition) is 2. The number of carboxylic acid groups (broad SMARTS) is 1. The number of carbonyl (C=O) groups is 1. The Kier molecular flexibility index (Phi) is 5.04. The molecule has 0 saturated heterocycles. The summed E-state index contributed by atoms with van der Waals surface area (Å²) in [6.45, 7) is 6.39. The van der Waals surface area contributed by atoms with Crippen LogP contribution in [-0.2, 0) is 4.74 Å². The molecule has 0 aliphatic carbocycles. The molecular weight excluding hydrogens is 264 g/mol. The number of anilines is 1. The summed E-state index contributed by atoms with van der Waals surface area (Å²) in [6.07, 6.45) is 0. The molecule has 0 atom stereocenters. The lowest BCUT2D eigenvalue weighted by molar-refractivity contribution is -0.384. The van der Waals surface area contributed by atoms with Crippen LogP contribution in [0.15, 0.2) is 18.2 Å². The Labute approximate surface area is 116 Å². The molecule has 0 saturated carbocycles. The van der Waals surface area contributed by atoms with E-state index in [4.69, 9.17) is 9.84 Å². The van der Waals surface area contributed by atoms with Crippen molar-refractivity contribution in [2.24, 2.45) is 0 Å². The third-order valence-electron chi connectivity index (χ3n) is 2.68. The van der Waals surface area contributed by atoms with E-state index in [0.717, 1.165) is 0 Å². The number of benzene rings is 1. The van der Waals surface area contributed by atoms with Crippen LogP contribution in [0, 0.1) is 10.1 Å². The molecule has 0 aromatic heterocycles. The van der Waals surface area contributed by atoms with Gasteiger partial charge in [0.2, 0.25) is 0 Å². The Morgan fingerprint density at radius 3 is 2.65 bits per heavy atom. The van der Waals surface area contributed by atoms with Crippen LogP contribution in [0.5, 0.6) is 0 Å². The van der Waals surface area contributed by atoms with E-state index in [0.29, 0.717) is 13.2 Å². The average Bonchev–Trinajstić information content (AvgIpc) is 2.35. The number of ether oxygens (including phenoxy) is 1. The van der Waals surface area contributed by atoms with E-state index in [1.54, 1.807) is 0 Å². The first-order valence-corrected chi connectivity index (χ1v) is 6.16. The Balaban J connectivity index is 2.99. The summed E-state index contributed by atoms with van der Waals surface area (Å²) in [5.74, 6) is -1.13. The van der Waals surface area contributed by atoms with Crippen LogP contribution in [0.2, 0.25) is 0 Å². The monoisotopic (exact) mass is 282 g/mol. The highest BCUT2D eigenvalue weighted by atomic mass is 16.6. The number of nitrogens with one attached hydrogen (secondary N) is 1. The normalized spacial score (nSPS) is 11.2. The summed E-state index contributed by atoms with van der Waals surface area (Å²) in [7, 11) is 0. The molecule has 7 heteroatoms. The Morgan fingerprint density at radius 1 is 1.50 bits per heavy atom. The Morgan fingerprint density at radius 2 is 2.15 bits per heavy atom. The number of carboxylic acids is 1. The summed E-state index contributed by atoms with van der Waals surface area (Å²) >= 11 is 0. The number of nitro groups is 1. The molecule has 0 heterocycles. The molecule has 0 fully saturated rings. The van der Waals surface area contributed by atoms with E-state index in [1.165, 1.54) is 18.2 Å². The lowest BCUT2D eigenvalue weighted by Gasteiger charge is -2.25. The highest BCUT2D eigenvalue weighted by Crippen LogP contribution is 2.26. The Hall–Kier alpha value is -2.15. The average molecular weight is 282 g/mol. The summed E-state index contributed by atoms with van der Waals surface area (Å²) in [4.78, 5) is 21.3. The molecular formula is C13H18N2O5. The molecule has 1 aromatic rings. The first-order valence-electron chi connectivity index (χ1n) is 6.16. The van der Waals surface area contributed by atoms with E-state index >= 15 is 0 Å². The fourth-order valence-electron chi connectivity index (χ4n) is 1.72. The van der Waals surface area contributed by atoms with E-state index in [-0.39, 0.29) is 16.9 Å². The molecule has 0 spiro atoms. The zero-order valence-corrected chi connectivity index (χ0v) is 11.7. The van der Waals surface area contributed by atoms with Crippen LogP contribution in [0.1, 0.15) is 31.1 Å². The maximum absolute atomic E-state index is 10.9. The zero-order valence-electron chi connectivity index (χ0n) is 11.7. The number of rotatable bonds is 7. The lowest BCUT2D eigenvalue weighted by Crippen LogP contribution is -2.33. The van der Waals surface area contributed by atoms with E-state index in [2.05, 4.69) is 5.32 Å². The van der Waals surface area contributed by atoms with Gasteiger partial charge in [-0.2, -0.15) is 0 Å². The highest BCUT2D eigenvalue weighted by molar-refractivity contribution is 5.90. The van der Waals surface area contributed by atoms with Crippen LogP contribution in [0.4, 0.5) is 11.4 Å². The second kappa shape index (κ2) is 6.33. The summed E-state index contributed by atoms with van der Waals surface area (Å²) in [5, 5.41) is 22.8. The van der Waals surface area contributed by atoms with Gasteiger partial charge in [-0.05, 0) is 32.9 Å². The second-order valence-corrected chi connectivity index (χ2v) is 4.84. The van der Waals surface area contributed by atoms with Crippen molar-refractivity contribution < 1.29 is 19.6 Å². The van der Waals surface area contributed by atoms with Crippen LogP contribution < -0.4 is 5.32 Å². The predicted molar refractivity (Wildman–Crippen MR) is 74.3 cm³/mol. The van der Waals surface area contributed by atoms with Gasteiger partial charge in [-0.3, -0.25) is 10.1 Å². The number of nitro benzene ring substituents is 1. The summed E-state index contributed by atoms with van der Waals surface area (Å²) in [6, 6.07) is 3.64. The molecule has 7 nitrogen and oxygen atoms in total. The van der Waals surface area contributed by atoms with Crippen LogP contribution in [0.3, 0.4) is 0 Å². The number of aromatic carboxylic acids is 1. The second-order valence-electron chi connectivity index (χ2n) is 4.84. The highest BCUT2D eigenvalue weighted by Gasteiger charge is 2.21. The van der Waals surface area contributed by atoms with Gasteiger partial charge in [0, 0.05) is 19.2 Å². The van der Waals surface area contributed by atoms with Crippen molar-refractivity contribution in [2.45, 2.75) is 26.4 Å². The van der Waals surface area contributed by atoms with Crippen molar-refractivity contribution in [3.05, 3.63) is 33.9 Å². The van der Waals surface area contributed by atoms with Gasteiger partial charge in [0.05, 0.1) is 16.1 Å². The fraction of sp³-hybridized carbons (Fsp3) is 0.462. The van der Waals surface area contributed by atoms with Gasteiger partial charge < -0.3 is 15.2 Å². The maximum Gasteiger partial charge on any atom is 0.335 e. The van der Waals surface area contributed by atoms with Gasteiger partial charge in [0.15, 0.2) is 0 Å². The fourth-order valence-corrected chi connectivity index (χ4v) is 1.72. The van der Waals surface area contributed by atoms with Gasteiger partial charge in [-0.1, -0.05) is 0 Å². The molecule has 0 bridgehead atoms. The van der Waals surface area contributed by atoms with E-state index in [9.17, 15) is 14.9 Å². The predicted octanol–water partition coefficient (Wildman–Crippen LogP) is 2.52. The minimum Gasteiger partial charge on any atom is -0.478 e. The molecule has 0 aliphatic rings. The maximum atomic E-state index is 10.9. The molecule has 1 aromatic carbocycles. The van der Waals surface area contributed by atoms with Crippen molar-refractivity contribution in [2.75, 3.05) is 18.5 Å². The molecule has 1 rings (SSSR count). The van der Waals surface area contributed by atoms with Crippen molar-refractivity contribution in [1.29, 1.82) is 0 Å². The smallest absolute Gasteiger partial charge is 0.335 e. The minimum absolute atomic E-state index is 0.00711. The zero-order chi connectivity index (χ0) is 15.3. The molecule has 0 radical (unpaired) electrons. The molecule has 2 N–H and O–H groups in total. The summed E-state index contributed by atoms with van der Waals surface area (Å²) in [5.41, 5.74) is -0.515. The van der Waals surface area contributed by atoms with Crippen molar-refractivity contribution >= 4 is 17.3 Å². The van der Waals surface area contributed by atoms with Gasteiger partial charge in [0.25, 0.3) is 5.69 Å². The third kappa shape index (κ3) is 4.20. The first-order chi connectivity index (χ1) is 9.26. The van der Waals surface area contributed by atoms with Gasteiger partial charge in [-0.25, -0.2) is 4.79 Å². The quantitative estimate of drug-likeness (QED) is 0.588. The van der Waals surface area contributed by atoms with Crippen molar-refractivity contribution in [1.82, 2.24) is 0 Å². The largest absolute Gasteiger partial charge is 0.478 e. The molecule has 110 valence electrons. The third-order valence-corrected chi connectivity index (χ3v) is 2.68. The first kappa shape index (κ1) is 15.9. The minimum atomic E-state index is -1.13. The summed E-state index contributed by atoms with van der Waals surface area (Å²) < 4.78 is 5.48. The molecule has 0 amide bonds. The Bertz CT molecular complexity index is 513. The topological polar surface area (TPSA) is 102 Å². The van der Waals surface area contributed by atoms with Crippen molar-refractivity contribution in [3.8, 4) is 0 Å². The number of hydrogen-bond acceptors (Lipinski definition) is 5. The SMILES string of the molecule is CCOC(C)(C)CNc1cc(C(=O)O)ccc1[N+](=O)[O-]. The van der Waals surface area contributed by atoms with E-state index < -0.39 is 16.5 Å². The van der Waals surface area contributed by atoms with Gasteiger partial charge in [-0.15, -0.1) is 0 Å². The number of nitrogens with zero attached hydrogens (tertiary/aromatic N) is 1. The molecule has 0 aliphatic heterocycles. The van der Waals surface area contributed by atoms with Gasteiger partial charge >= 0.3 is 5.97 Å². The van der Waals surface area contributed by atoms with Crippen molar-refractivity contribution in [3.63, 3.8) is 0 Å².